The molecule has 1 aliphatic heterocycles. The Hall–Kier alpha value is -2.76. The number of nitrogens with zero attached hydrogens (tertiary/aromatic N) is 2. The molecule has 4 atom stereocenters. The van der Waals surface area contributed by atoms with Crippen LogP contribution in [0.5, 0.6) is 0 Å². The molecule has 2 aromatic rings. The van der Waals surface area contributed by atoms with Crippen molar-refractivity contribution in [2.75, 3.05) is 6.61 Å². The Balaban J connectivity index is 1.89. The second kappa shape index (κ2) is 7.47. The van der Waals surface area contributed by atoms with E-state index in [0.29, 0.717) is 5.56 Å². The number of aromatic amines is 2. The molecule has 0 bridgehead atoms. The van der Waals surface area contributed by atoms with Crippen LogP contribution in [0.3, 0.4) is 0 Å². The van der Waals surface area contributed by atoms with Gasteiger partial charge >= 0.3 is 11.4 Å². The lowest BCUT2D eigenvalue weighted by molar-refractivity contribution is -0.0484. The fourth-order valence-electron chi connectivity index (χ4n) is 3.24. The number of aliphatic hydroxyl groups is 2. The van der Waals surface area contributed by atoms with E-state index in [9.17, 15) is 29.4 Å². The standard InChI is InChI=1S/C16H20N4O7/c1-8-6-19(15(25)18-13(8)24)4-2-9-12(23)10(7-21)27-14(9)20-5-3-11(22)17-16(20)26/h3,5-6,9-10,12,14,21,23H,2,4,7H2,1H3,(H,17,22,26)(H,18,24,25)/t9-,10-,12+,14-/m1/s1. The molecule has 0 saturated carbocycles. The molecule has 11 nitrogen and oxygen atoms in total. The van der Waals surface area contributed by atoms with Crippen LogP contribution in [-0.4, -0.2) is 48.1 Å². The van der Waals surface area contributed by atoms with Gasteiger partial charge in [-0.3, -0.25) is 24.1 Å². The highest BCUT2D eigenvalue weighted by molar-refractivity contribution is 5.01. The van der Waals surface area contributed by atoms with Crippen molar-refractivity contribution in [2.24, 2.45) is 5.92 Å². The maximum Gasteiger partial charge on any atom is 0.330 e. The first-order chi connectivity index (χ1) is 12.8. The quantitative estimate of drug-likeness (QED) is 0.452. The van der Waals surface area contributed by atoms with Gasteiger partial charge in [0.15, 0.2) is 0 Å². The maximum atomic E-state index is 12.1. The minimum absolute atomic E-state index is 0.147. The minimum atomic E-state index is -1.08. The highest BCUT2D eigenvalue weighted by Crippen LogP contribution is 2.36. The van der Waals surface area contributed by atoms with Gasteiger partial charge in [-0.25, -0.2) is 9.59 Å². The zero-order chi connectivity index (χ0) is 19.7. The van der Waals surface area contributed by atoms with Crippen molar-refractivity contribution in [1.82, 2.24) is 19.1 Å². The Morgan fingerprint density at radius 3 is 2.59 bits per heavy atom. The lowest BCUT2D eigenvalue weighted by Crippen LogP contribution is -2.36. The molecule has 1 fully saturated rings. The lowest BCUT2D eigenvalue weighted by Gasteiger charge is -2.22. The number of hydrogen-bond donors (Lipinski definition) is 4. The SMILES string of the molecule is Cc1cn(CC[C@@H]2[C@H](O)[C@@H](CO)O[C@H]2n2ccc(=O)[nH]c2=O)c(=O)[nH]c1=O. The molecule has 1 saturated heterocycles. The smallest absolute Gasteiger partial charge is 0.330 e. The van der Waals surface area contributed by atoms with E-state index >= 15 is 0 Å². The van der Waals surface area contributed by atoms with E-state index in [4.69, 9.17) is 4.74 Å². The fraction of sp³-hybridized carbons (Fsp3) is 0.500. The molecule has 0 radical (unpaired) electrons. The Morgan fingerprint density at radius 2 is 1.93 bits per heavy atom. The number of aliphatic hydroxyl groups excluding tert-OH is 2. The predicted molar refractivity (Wildman–Crippen MR) is 92.5 cm³/mol. The Bertz CT molecular complexity index is 1050. The highest BCUT2D eigenvalue weighted by Gasteiger charge is 2.44. The Kier molecular flexibility index (Phi) is 5.26. The van der Waals surface area contributed by atoms with Gasteiger partial charge in [0.2, 0.25) is 0 Å². The maximum absolute atomic E-state index is 12.1. The monoisotopic (exact) mass is 380 g/mol. The van der Waals surface area contributed by atoms with Gasteiger partial charge in [0, 0.05) is 36.5 Å². The van der Waals surface area contributed by atoms with Crippen LogP contribution in [0.15, 0.2) is 37.6 Å². The summed E-state index contributed by atoms with van der Waals surface area (Å²) in [6.07, 6.45) is -0.0399. The van der Waals surface area contributed by atoms with E-state index in [-0.39, 0.29) is 13.0 Å². The molecular formula is C16H20N4O7. The van der Waals surface area contributed by atoms with Crippen molar-refractivity contribution < 1.29 is 14.9 Å². The molecule has 146 valence electrons. The molecule has 0 aliphatic carbocycles. The Labute approximate surface area is 151 Å². The summed E-state index contributed by atoms with van der Waals surface area (Å²) in [5.74, 6) is -0.634. The first-order valence-corrected chi connectivity index (χ1v) is 8.38. The topological polar surface area (TPSA) is 159 Å². The van der Waals surface area contributed by atoms with Gasteiger partial charge < -0.3 is 19.5 Å². The molecule has 2 aromatic heterocycles. The van der Waals surface area contributed by atoms with Crippen molar-refractivity contribution in [3.63, 3.8) is 0 Å². The predicted octanol–water partition coefficient (Wildman–Crippen LogP) is -2.35. The normalized spacial score (nSPS) is 25.0. The van der Waals surface area contributed by atoms with Crippen molar-refractivity contribution in [3.8, 4) is 0 Å². The van der Waals surface area contributed by atoms with Crippen LogP contribution in [-0.2, 0) is 11.3 Å². The number of aryl methyl sites for hydroxylation is 2. The molecule has 1 aliphatic rings. The number of rotatable bonds is 5. The van der Waals surface area contributed by atoms with Crippen LogP contribution in [0.4, 0.5) is 0 Å². The zero-order valence-corrected chi connectivity index (χ0v) is 14.5. The third-order valence-corrected chi connectivity index (χ3v) is 4.70. The van der Waals surface area contributed by atoms with Crippen LogP contribution in [0, 0.1) is 12.8 Å². The number of ether oxygens (including phenoxy) is 1. The summed E-state index contributed by atoms with van der Waals surface area (Å²) >= 11 is 0. The lowest BCUT2D eigenvalue weighted by atomic mass is 9.96. The molecule has 0 amide bonds. The van der Waals surface area contributed by atoms with Crippen molar-refractivity contribution in [3.05, 3.63) is 65.7 Å². The second-order valence-corrected chi connectivity index (χ2v) is 6.47. The van der Waals surface area contributed by atoms with Gasteiger partial charge in [0.25, 0.3) is 11.1 Å². The molecule has 4 N–H and O–H groups in total. The first kappa shape index (κ1) is 19.0. The molecule has 3 rings (SSSR count). The average Bonchev–Trinajstić information content (AvgIpc) is 2.92. The van der Waals surface area contributed by atoms with E-state index in [1.807, 2.05) is 0 Å². The van der Waals surface area contributed by atoms with E-state index in [1.54, 1.807) is 6.92 Å². The number of H-pyrrole nitrogens is 2. The third-order valence-electron chi connectivity index (χ3n) is 4.70. The number of nitrogens with one attached hydrogen (secondary N) is 2. The Morgan fingerprint density at radius 1 is 1.19 bits per heavy atom. The summed E-state index contributed by atoms with van der Waals surface area (Å²) < 4.78 is 8.02. The van der Waals surface area contributed by atoms with E-state index < -0.39 is 53.5 Å². The largest absolute Gasteiger partial charge is 0.394 e. The molecule has 11 heteroatoms. The van der Waals surface area contributed by atoms with Crippen LogP contribution in [0.25, 0.3) is 0 Å². The molecule has 0 aromatic carbocycles. The van der Waals surface area contributed by atoms with Crippen LogP contribution >= 0.6 is 0 Å². The minimum Gasteiger partial charge on any atom is -0.394 e. The molecule has 3 heterocycles. The van der Waals surface area contributed by atoms with Crippen LogP contribution < -0.4 is 22.5 Å². The average molecular weight is 380 g/mol. The van der Waals surface area contributed by atoms with Gasteiger partial charge in [-0.1, -0.05) is 0 Å². The molecule has 0 spiro atoms. The zero-order valence-electron chi connectivity index (χ0n) is 14.5. The number of hydrogen-bond acceptors (Lipinski definition) is 7. The third kappa shape index (κ3) is 3.70. The van der Waals surface area contributed by atoms with Crippen LogP contribution in [0.2, 0.25) is 0 Å². The van der Waals surface area contributed by atoms with Crippen molar-refractivity contribution in [2.45, 2.75) is 38.3 Å². The van der Waals surface area contributed by atoms with Gasteiger partial charge in [0.05, 0.1) is 12.7 Å². The van der Waals surface area contributed by atoms with Gasteiger partial charge in [-0.2, -0.15) is 0 Å². The summed E-state index contributed by atoms with van der Waals surface area (Å²) in [7, 11) is 0. The highest BCUT2D eigenvalue weighted by atomic mass is 16.5. The summed E-state index contributed by atoms with van der Waals surface area (Å²) in [5, 5.41) is 19.9. The number of aromatic nitrogens is 4. The second-order valence-electron chi connectivity index (χ2n) is 6.47. The summed E-state index contributed by atoms with van der Waals surface area (Å²) in [4.78, 5) is 51.0. The van der Waals surface area contributed by atoms with Gasteiger partial charge in [-0.15, -0.1) is 0 Å². The van der Waals surface area contributed by atoms with Gasteiger partial charge in [0.1, 0.15) is 12.3 Å². The van der Waals surface area contributed by atoms with Gasteiger partial charge in [-0.05, 0) is 13.3 Å². The fourth-order valence-corrected chi connectivity index (χ4v) is 3.24. The molecule has 27 heavy (non-hydrogen) atoms. The molecule has 0 unspecified atom stereocenters. The van der Waals surface area contributed by atoms with Crippen molar-refractivity contribution >= 4 is 0 Å². The summed E-state index contributed by atoms with van der Waals surface area (Å²) in [5.41, 5.74) is -1.98. The summed E-state index contributed by atoms with van der Waals surface area (Å²) in [6, 6.07) is 1.15. The first-order valence-electron chi connectivity index (χ1n) is 8.38. The van der Waals surface area contributed by atoms with E-state index in [1.165, 1.54) is 17.0 Å². The van der Waals surface area contributed by atoms with E-state index in [2.05, 4.69) is 9.97 Å². The van der Waals surface area contributed by atoms with E-state index in [0.717, 1.165) is 10.6 Å². The molecular weight excluding hydrogens is 360 g/mol. The van der Waals surface area contributed by atoms with Crippen LogP contribution in [0.1, 0.15) is 18.2 Å². The summed E-state index contributed by atoms with van der Waals surface area (Å²) in [6.45, 7) is 1.26. The van der Waals surface area contributed by atoms with Crippen molar-refractivity contribution in [1.29, 1.82) is 0 Å².